The minimum Gasteiger partial charge on any atom is -0.343 e. The molecule has 1 fully saturated rings. The van der Waals surface area contributed by atoms with E-state index in [0.29, 0.717) is 24.0 Å². The van der Waals surface area contributed by atoms with Crippen molar-refractivity contribution in [3.63, 3.8) is 0 Å². The third kappa shape index (κ3) is 4.50. The van der Waals surface area contributed by atoms with Gasteiger partial charge in [-0.05, 0) is 24.5 Å². The molecule has 0 spiro atoms. The summed E-state index contributed by atoms with van der Waals surface area (Å²) >= 11 is 3.33. The maximum atomic E-state index is 11.8. The number of non-ortho nitro benzene ring substituents is 1. The Balaban J connectivity index is 1.75. The molecule has 1 aromatic carbocycles. The first kappa shape index (κ1) is 15.9. The Morgan fingerprint density at radius 1 is 1.38 bits per heavy atom. The summed E-state index contributed by atoms with van der Waals surface area (Å²) in [5.74, 6) is 0.197. The van der Waals surface area contributed by atoms with Gasteiger partial charge in [0.05, 0.1) is 4.92 Å². The van der Waals surface area contributed by atoms with Crippen molar-refractivity contribution in [3.05, 3.63) is 38.3 Å². The largest absolute Gasteiger partial charge is 0.343 e. The van der Waals surface area contributed by atoms with Gasteiger partial charge in [0, 0.05) is 49.2 Å². The van der Waals surface area contributed by atoms with Crippen LogP contribution < -0.4 is 5.32 Å². The lowest BCUT2D eigenvalue weighted by atomic mass is 10.2. The Labute approximate surface area is 131 Å². The Kier molecular flexibility index (Phi) is 5.69. The molecule has 1 heterocycles. The van der Waals surface area contributed by atoms with E-state index in [1.54, 1.807) is 6.07 Å². The Hall–Kier alpha value is -1.47. The highest BCUT2D eigenvalue weighted by Gasteiger charge is 2.17. The van der Waals surface area contributed by atoms with E-state index >= 15 is 0 Å². The van der Waals surface area contributed by atoms with Crippen LogP contribution in [-0.4, -0.2) is 35.4 Å². The maximum absolute atomic E-state index is 11.8. The molecule has 21 heavy (non-hydrogen) atoms. The van der Waals surface area contributed by atoms with E-state index in [0.717, 1.165) is 31.5 Å². The molecular weight excluding hydrogens is 338 g/mol. The normalized spacial score (nSPS) is 14.4. The number of likely N-dealkylation sites (tertiary alicyclic amines) is 1. The summed E-state index contributed by atoms with van der Waals surface area (Å²) in [7, 11) is 0. The first-order valence-electron chi connectivity index (χ1n) is 6.99. The number of nitro benzene ring substituents is 1. The van der Waals surface area contributed by atoms with E-state index in [-0.39, 0.29) is 11.6 Å². The van der Waals surface area contributed by atoms with E-state index in [2.05, 4.69) is 21.2 Å². The molecule has 1 aliphatic rings. The number of nitrogens with zero attached hydrogens (tertiary/aromatic N) is 2. The summed E-state index contributed by atoms with van der Waals surface area (Å²) in [5.41, 5.74) is 1.00. The number of nitrogens with one attached hydrogen (secondary N) is 1. The second-order valence-electron chi connectivity index (χ2n) is 5.05. The van der Waals surface area contributed by atoms with Crippen LogP contribution >= 0.6 is 15.9 Å². The molecule has 1 N–H and O–H groups in total. The molecule has 1 aromatic rings. The average Bonchev–Trinajstić information content (AvgIpc) is 2.98. The van der Waals surface area contributed by atoms with E-state index in [9.17, 15) is 14.9 Å². The van der Waals surface area contributed by atoms with E-state index in [1.807, 2.05) is 4.90 Å². The summed E-state index contributed by atoms with van der Waals surface area (Å²) in [6.07, 6.45) is 2.70. The first-order chi connectivity index (χ1) is 10.1. The molecule has 0 saturated carbocycles. The van der Waals surface area contributed by atoms with E-state index in [4.69, 9.17) is 0 Å². The van der Waals surface area contributed by atoms with Gasteiger partial charge in [0.15, 0.2) is 0 Å². The second kappa shape index (κ2) is 7.51. The highest BCUT2D eigenvalue weighted by Crippen LogP contribution is 2.22. The van der Waals surface area contributed by atoms with Crippen LogP contribution in [-0.2, 0) is 11.3 Å². The zero-order valence-electron chi connectivity index (χ0n) is 11.7. The zero-order valence-corrected chi connectivity index (χ0v) is 13.3. The maximum Gasteiger partial charge on any atom is 0.270 e. The highest BCUT2D eigenvalue weighted by molar-refractivity contribution is 9.10. The van der Waals surface area contributed by atoms with Crippen LogP contribution in [0.5, 0.6) is 0 Å². The van der Waals surface area contributed by atoms with Gasteiger partial charge in [0.25, 0.3) is 5.69 Å². The number of rotatable bonds is 6. The summed E-state index contributed by atoms with van der Waals surface area (Å²) < 4.78 is 0.704. The minimum atomic E-state index is -0.420. The Bertz CT molecular complexity index is 530. The third-order valence-corrected chi connectivity index (χ3v) is 4.28. The number of halogens is 1. The van der Waals surface area contributed by atoms with Crippen LogP contribution in [0.2, 0.25) is 0 Å². The molecule has 114 valence electrons. The zero-order chi connectivity index (χ0) is 15.2. The molecule has 1 aliphatic heterocycles. The summed E-state index contributed by atoms with van der Waals surface area (Å²) in [6, 6.07) is 4.70. The quantitative estimate of drug-likeness (QED) is 0.483. The van der Waals surface area contributed by atoms with Gasteiger partial charge in [0.2, 0.25) is 5.91 Å². The molecule has 0 radical (unpaired) electrons. The van der Waals surface area contributed by atoms with Gasteiger partial charge < -0.3 is 10.2 Å². The van der Waals surface area contributed by atoms with Gasteiger partial charge >= 0.3 is 0 Å². The average molecular weight is 356 g/mol. The van der Waals surface area contributed by atoms with Crippen LogP contribution in [0.25, 0.3) is 0 Å². The molecule has 2 rings (SSSR count). The summed E-state index contributed by atoms with van der Waals surface area (Å²) in [4.78, 5) is 24.0. The molecule has 0 aromatic heterocycles. The highest BCUT2D eigenvalue weighted by atomic mass is 79.9. The second-order valence-corrected chi connectivity index (χ2v) is 5.90. The SMILES string of the molecule is O=C(CCNCc1ccc([N+](=O)[O-])cc1Br)N1CCCC1. The summed E-state index contributed by atoms with van der Waals surface area (Å²) in [5, 5.41) is 13.9. The standard InChI is InChI=1S/C14H18BrN3O3/c15-13-9-12(18(20)21)4-3-11(13)10-16-6-5-14(19)17-7-1-2-8-17/h3-4,9,16H,1-2,5-8,10H2. The third-order valence-electron chi connectivity index (χ3n) is 3.54. The fraction of sp³-hybridized carbons (Fsp3) is 0.500. The van der Waals surface area contributed by atoms with Gasteiger partial charge in [-0.1, -0.05) is 15.9 Å². The van der Waals surface area contributed by atoms with Gasteiger partial charge in [-0.2, -0.15) is 0 Å². The molecule has 0 unspecified atom stereocenters. The van der Waals surface area contributed by atoms with Crippen molar-refractivity contribution in [1.82, 2.24) is 10.2 Å². The van der Waals surface area contributed by atoms with Crippen molar-refractivity contribution in [2.75, 3.05) is 19.6 Å². The van der Waals surface area contributed by atoms with Crippen molar-refractivity contribution in [2.24, 2.45) is 0 Å². The number of carbonyl (C=O) groups excluding carboxylic acids is 1. The van der Waals surface area contributed by atoms with Crippen molar-refractivity contribution in [2.45, 2.75) is 25.8 Å². The lowest BCUT2D eigenvalue weighted by Crippen LogP contribution is -2.30. The van der Waals surface area contributed by atoms with Gasteiger partial charge in [-0.3, -0.25) is 14.9 Å². The molecule has 0 atom stereocenters. The van der Waals surface area contributed by atoms with E-state index < -0.39 is 4.92 Å². The fourth-order valence-corrected chi connectivity index (χ4v) is 2.84. The van der Waals surface area contributed by atoms with Crippen LogP contribution in [0.4, 0.5) is 5.69 Å². The smallest absolute Gasteiger partial charge is 0.270 e. The lowest BCUT2D eigenvalue weighted by molar-refractivity contribution is -0.384. The number of nitro groups is 1. The molecular formula is C14H18BrN3O3. The topological polar surface area (TPSA) is 75.5 Å². The Morgan fingerprint density at radius 2 is 2.10 bits per heavy atom. The first-order valence-corrected chi connectivity index (χ1v) is 7.78. The van der Waals surface area contributed by atoms with Crippen LogP contribution in [0.1, 0.15) is 24.8 Å². The van der Waals surface area contributed by atoms with Crippen LogP contribution in [0.3, 0.4) is 0 Å². The predicted octanol–water partition coefficient (Wildman–Crippen LogP) is 2.46. The van der Waals surface area contributed by atoms with Gasteiger partial charge in [-0.25, -0.2) is 0 Å². The van der Waals surface area contributed by atoms with E-state index in [1.165, 1.54) is 12.1 Å². The number of hydrogen-bond acceptors (Lipinski definition) is 4. The number of hydrogen-bond donors (Lipinski definition) is 1. The molecule has 6 nitrogen and oxygen atoms in total. The molecule has 0 bridgehead atoms. The van der Waals surface area contributed by atoms with Crippen LogP contribution in [0, 0.1) is 10.1 Å². The number of benzene rings is 1. The van der Waals surface area contributed by atoms with Crippen molar-refractivity contribution < 1.29 is 9.72 Å². The monoisotopic (exact) mass is 355 g/mol. The predicted molar refractivity (Wildman–Crippen MR) is 82.9 cm³/mol. The van der Waals surface area contributed by atoms with Crippen molar-refractivity contribution >= 4 is 27.5 Å². The van der Waals surface area contributed by atoms with Crippen molar-refractivity contribution in [3.8, 4) is 0 Å². The lowest BCUT2D eigenvalue weighted by Gasteiger charge is -2.15. The number of amides is 1. The molecule has 1 saturated heterocycles. The minimum absolute atomic E-state index is 0.0647. The Morgan fingerprint density at radius 3 is 2.71 bits per heavy atom. The molecule has 1 amide bonds. The molecule has 7 heteroatoms. The number of carbonyl (C=O) groups is 1. The fourth-order valence-electron chi connectivity index (χ4n) is 2.34. The van der Waals surface area contributed by atoms with Crippen LogP contribution in [0.15, 0.2) is 22.7 Å². The molecule has 0 aliphatic carbocycles. The van der Waals surface area contributed by atoms with Crippen molar-refractivity contribution in [1.29, 1.82) is 0 Å². The van der Waals surface area contributed by atoms with Gasteiger partial charge in [0.1, 0.15) is 0 Å². The van der Waals surface area contributed by atoms with Gasteiger partial charge in [-0.15, -0.1) is 0 Å². The summed E-state index contributed by atoms with van der Waals surface area (Å²) in [6.45, 7) is 2.95.